The average Bonchev–Trinajstić information content (AvgIpc) is 3.32. The Kier molecular flexibility index (Phi) is 6.98. The molecule has 3 N–H and O–H groups in total. The zero-order valence-electron chi connectivity index (χ0n) is 17.1. The van der Waals surface area contributed by atoms with E-state index in [2.05, 4.69) is 15.3 Å². The molecule has 2 heterocycles. The summed E-state index contributed by atoms with van der Waals surface area (Å²) in [6, 6.07) is 1.85. The van der Waals surface area contributed by atoms with Gasteiger partial charge in [0, 0.05) is 23.9 Å². The van der Waals surface area contributed by atoms with Gasteiger partial charge < -0.3 is 20.4 Å². The first kappa shape index (κ1) is 22.8. The van der Waals surface area contributed by atoms with Crippen molar-refractivity contribution in [3.05, 3.63) is 39.6 Å². The molecule has 1 amide bonds. The van der Waals surface area contributed by atoms with E-state index in [-0.39, 0.29) is 11.5 Å². The molecule has 0 unspecified atom stereocenters. The van der Waals surface area contributed by atoms with Crippen LogP contribution >= 0.6 is 22.7 Å². The minimum absolute atomic E-state index is 0.0225. The molecule has 1 aromatic carbocycles. The number of nitrogens with zero attached hydrogens (tertiary/aromatic N) is 3. The fourth-order valence-corrected chi connectivity index (χ4v) is 4.62. The fraction of sp³-hybridized carbons (Fsp3) is 0.300. The third-order valence-electron chi connectivity index (χ3n) is 4.35. The minimum Gasteiger partial charge on any atom is -0.507 e. The molecule has 0 aliphatic carbocycles. The second kappa shape index (κ2) is 9.50. The van der Waals surface area contributed by atoms with Crippen LogP contribution in [0.25, 0.3) is 21.1 Å². The number of aryl methyl sites for hydroxylation is 1. The van der Waals surface area contributed by atoms with E-state index < -0.39 is 23.1 Å². The van der Waals surface area contributed by atoms with Crippen molar-refractivity contribution in [2.75, 3.05) is 20.6 Å². The lowest BCUT2D eigenvalue weighted by molar-refractivity contribution is -0.121. The van der Waals surface area contributed by atoms with Crippen LogP contribution in [0.3, 0.4) is 0 Å². The lowest BCUT2D eigenvalue weighted by Crippen LogP contribution is -2.26. The molecule has 11 heteroatoms. The Hall–Kier alpha value is -2.89. The van der Waals surface area contributed by atoms with Gasteiger partial charge in [-0.15, -0.1) is 22.7 Å². The average molecular weight is 465 g/mol. The van der Waals surface area contributed by atoms with E-state index in [0.29, 0.717) is 30.2 Å². The summed E-state index contributed by atoms with van der Waals surface area (Å²) in [6.45, 7) is 2.80. The van der Waals surface area contributed by atoms with Gasteiger partial charge in [-0.1, -0.05) is 0 Å². The molecule has 0 bridgehead atoms. The predicted molar refractivity (Wildman–Crippen MR) is 117 cm³/mol. The predicted octanol–water partition coefficient (Wildman–Crippen LogP) is 3.35. The van der Waals surface area contributed by atoms with Gasteiger partial charge in [0.25, 0.3) is 0 Å². The van der Waals surface area contributed by atoms with Crippen molar-refractivity contribution in [2.24, 2.45) is 0 Å². The number of phenols is 1. The number of carbonyl (C=O) groups excluding carboxylic acids is 1. The normalized spacial score (nSPS) is 11.1. The molecule has 164 valence electrons. The Bertz CT molecular complexity index is 1130. The van der Waals surface area contributed by atoms with Crippen LogP contribution in [0.1, 0.15) is 27.5 Å². The zero-order chi connectivity index (χ0) is 22.7. The highest BCUT2D eigenvalue weighted by Crippen LogP contribution is 2.36. The first-order valence-electron chi connectivity index (χ1n) is 9.25. The highest BCUT2D eigenvalue weighted by atomic mass is 32.1. The summed E-state index contributed by atoms with van der Waals surface area (Å²) in [7, 11) is 3.80. The maximum absolute atomic E-state index is 14.4. The van der Waals surface area contributed by atoms with Crippen molar-refractivity contribution in [2.45, 2.75) is 19.9 Å². The highest BCUT2D eigenvalue weighted by Gasteiger charge is 2.19. The van der Waals surface area contributed by atoms with Crippen LogP contribution in [0, 0.1) is 12.7 Å². The summed E-state index contributed by atoms with van der Waals surface area (Å²) >= 11 is 2.56. The Morgan fingerprint density at radius 1 is 1.26 bits per heavy atom. The molecule has 0 saturated carbocycles. The van der Waals surface area contributed by atoms with Gasteiger partial charge in [-0.05, 0) is 33.2 Å². The number of aromatic carboxylic acids is 1. The lowest BCUT2D eigenvalue weighted by atomic mass is 10.1. The Labute approximate surface area is 186 Å². The van der Waals surface area contributed by atoms with Gasteiger partial charge in [0.15, 0.2) is 0 Å². The van der Waals surface area contributed by atoms with Gasteiger partial charge in [-0.3, -0.25) is 4.79 Å². The topological polar surface area (TPSA) is 116 Å². The molecule has 2 aromatic heterocycles. The van der Waals surface area contributed by atoms with E-state index in [1.54, 1.807) is 5.38 Å². The maximum Gasteiger partial charge on any atom is 0.339 e. The number of aromatic hydroxyl groups is 1. The van der Waals surface area contributed by atoms with Crippen LogP contribution in [0.15, 0.2) is 17.5 Å². The second-order valence-electron chi connectivity index (χ2n) is 7.04. The largest absolute Gasteiger partial charge is 0.507 e. The molecule has 0 fully saturated rings. The van der Waals surface area contributed by atoms with E-state index in [4.69, 9.17) is 5.11 Å². The van der Waals surface area contributed by atoms with Crippen molar-refractivity contribution in [3.8, 4) is 26.9 Å². The summed E-state index contributed by atoms with van der Waals surface area (Å²) in [5.74, 6) is -2.77. The molecule has 0 atom stereocenters. The number of hydrogen-bond donors (Lipinski definition) is 3. The van der Waals surface area contributed by atoms with Crippen molar-refractivity contribution >= 4 is 34.6 Å². The van der Waals surface area contributed by atoms with Crippen LogP contribution in [0.5, 0.6) is 5.75 Å². The third-order valence-corrected chi connectivity index (χ3v) is 6.40. The Balaban J connectivity index is 1.77. The summed E-state index contributed by atoms with van der Waals surface area (Å²) in [4.78, 5) is 34.6. The molecule has 0 radical (unpaired) electrons. The van der Waals surface area contributed by atoms with Crippen LogP contribution in [-0.4, -0.2) is 57.6 Å². The maximum atomic E-state index is 14.4. The summed E-state index contributed by atoms with van der Waals surface area (Å²) < 4.78 is 14.4. The van der Waals surface area contributed by atoms with E-state index in [0.717, 1.165) is 27.7 Å². The SMILES string of the molecule is Cc1nc(CNC(=O)CCN(C)C)sc1-c1csc(-c2cc(O)c(C(=O)O)cc2F)n1. The Morgan fingerprint density at radius 3 is 2.68 bits per heavy atom. The smallest absolute Gasteiger partial charge is 0.339 e. The second-order valence-corrected chi connectivity index (χ2v) is 8.99. The van der Waals surface area contributed by atoms with Crippen molar-refractivity contribution in [3.63, 3.8) is 0 Å². The quantitative estimate of drug-likeness (QED) is 0.468. The number of nitrogens with one attached hydrogen (secondary N) is 1. The van der Waals surface area contributed by atoms with E-state index in [1.165, 1.54) is 22.7 Å². The number of aromatic nitrogens is 2. The fourth-order valence-electron chi connectivity index (χ4n) is 2.75. The molecule has 0 aliphatic rings. The van der Waals surface area contributed by atoms with Crippen LogP contribution < -0.4 is 5.32 Å². The number of hydrogen-bond acceptors (Lipinski definition) is 8. The molecular weight excluding hydrogens is 443 g/mol. The first-order chi connectivity index (χ1) is 14.7. The third kappa shape index (κ3) is 5.43. The van der Waals surface area contributed by atoms with Gasteiger partial charge >= 0.3 is 5.97 Å². The molecular formula is C20H21FN4O4S2. The van der Waals surface area contributed by atoms with E-state index in [1.807, 2.05) is 25.9 Å². The van der Waals surface area contributed by atoms with Crippen LogP contribution in [0.4, 0.5) is 4.39 Å². The number of carbonyl (C=O) groups is 2. The van der Waals surface area contributed by atoms with Gasteiger partial charge in [-0.2, -0.15) is 0 Å². The molecule has 0 aliphatic heterocycles. The molecule has 3 aromatic rings. The number of rotatable bonds is 8. The number of thiazole rings is 2. The van der Waals surface area contributed by atoms with Gasteiger partial charge in [-0.25, -0.2) is 19.2 Å². The standard InChI is InChI=1S/C20H21FN4O4S2/c1-10-18(31-17(23-10)8-22-16(27)4-5-25(2)3)14-9-30-19(24-14)11-7-15(26)12(20(28)29)6-13(11)21/h6-7,9,26H,4-5,8H2,1-3H3,(H,22,27)(H,28,29). The summed E-state index contributed by atoms with van der Waals surface area (Å²) in [5, 5.41) is 24.5. The minimum atomic E-state index is -1.41. The van der Waals surface area contributed by atoms with E-state index >= 15 is 0 Å². The van der Waals surface area contributed by atoms with Crippen molar-refractivity contribution < 1.29 is 24.2 Å². The molecule has 0 spiro atoms. The summed E-state index contributed by atoms with van der Waals surface area (Å²) in [5.41, 5.74) is 0.855. The van der Waals surface area contributed by atoms with Gasteiger partial charge in [0.2, 0.25) is 5.91 Å². The van der Waals surface area contributed by atoms with Crippen molar-refractivity contribution in [1.82, 2.24) is 20.2 Å². The van der Waals surface area contributed by atoms with Crippen LogP contribution in [0.2, 0.25) is 0 Å². The molecule has 0 saturated heterocycles. The number of benzene rings is 1. The number of halogens is 1. The molecule has 31 heavy (non-hydrogen) atoms. The zero-order valence-corrected chi connectivity index (χ0v) is 18.7. The van der Waals surface area contributed by atoms with Gasteiger partial charge in [0.1, 0.15) is 27.1 Å². The number of carboxylic acids is 1. The number of carboxylic acid groups (broad SMARTS) is 1. The van der Waals surface area contributed by atoms with Gasteiger partial charge in [0.05, 0.1) is 22.8 Å². The Morgan fingerprint density at radius 2 is 2.00 bits per heavy atom. The molecule has 3 rings (SSSR count). The lowest BCUT2D eigenvalue weighted by Gasteiger charge is -2.08. The monoisotopic (exact) mass is 464 g/mol. The first-order valence-corrected chi connectivity index (χ1v) is 10.9. The highest BCUT2D eigenvalue weighted by molar-refractivity contribution is 7.16. The number of amides is 1. The van der Waals surface area contributed by atoms with E-state index in [9.17, 15) is 19.1 Å². The summed E-state index contributed by atoms with van der Waals surface area (Å²) in [6.07, 6.45) is 0.402. The molecule has 8 nitrogen and oxygen atoms in total. The van der Waals surface area contributed by atoms with Crippen molar-refractivity contribution in [1.29, 1.82) is 0 Å². The van der Waals surface area contributed by atoms with Crippen LogP contribution in [-0.2, 0) is 11.3 Å².